The van der Waals surface area contributed by atoms with E-state index < -0.39 is 0 Å². The van der Waals surface area contributed by atoms with Gasteiger partial charge in [-0.3, -0.25) is 0 Å². The zero-order valence-corrected chi connectivity index (χ0v) is 17.6. The molecular formula is C28H24S. The third-order valence-electron chi connectivity index (χ3n) is 5.43. The van der Waals surface area contributed by atoms with Gasteiger partial charge in [0.2, 0.25) is 0 Å². The van der Waals surface area contributed by atoms with E-state index in [0.717, 1.165) is 12.8 Å². The van der Waals surface area contributed by atoms with Crippen LogP contribution in [0.4, 0.5) is 0 Å². The van der Waals surface area contributed by atoms with Gasteiger partial charge in [-0.25, -0.2) is 0 Å². The summed E-state index contributed by atoms with van der Waals surface area (Å²) >= 11 is 1.81. The van der Waals surface area contributed by atoms with Gasteiger partial charge in [-0.05, 0) is 48.1 Å². The first-order chi connectivity index (χ1) is 14.2. The normalized spacial score (nSPS) is 10.7. The molecule has 0 saturated carbocycles. The zero-order chi connectivity index (χ0) is 20.2. The Balaban J connectivity index is 1.63. The van der Waals surface area contributed by atoms with Gasteiger partial charge < -0.3 is 0 Å². The molecule has 0 aliphatic heterocycles. The highest BCUT2D eigenvalue weighted by atomic mass is 32.1. The van der Waals surface area contributed by atoms with Crippen molar-refractivity contribution >= 4 is 33.1 Å². The highest BCUT2D eigenvalue weighted by molar-refractivity contribution is 7.20. The van der Waals surface area contributed by atoms with Crippen LogP contribution in [-0.2, 0) is 6.42 Å². The number of allylic oxidation sites excluding steroid dienone is 1. The molecular weight excluding hydrogens is 368 g/mol. The van der Waals surface area contributed by atoms with Crippen molar-refractivity contribution in [1.82, 2.24) is 0 Å². The summed E-state index contributed by atoms with van der Waals surface area (Å²) in [5.74, 6) is 0. The molecule has 1 heterocycles. The highest BCUT2D eigenvalue weighted by Crippen LogP contribution is 2.38. The minimum Gasteiger partial charge on any atom is -0.134 e. The molecule has 4 rings (SSSR count). The molecule has 0 aliphatic rings. The average molecular weight is 393 g/mol. The molecule has 0 unspecified atom stereocenters. The Hall–Kier alpha value is -3.12. The Kier molecular flexibility index (Phi) is 5.62. The second-order valence-electron chi connectivity index (χ2n) is 7.21. The fourth-order valence-electron chi connectivity index (χ4n) is 3.79. The van der Waals surface area contributed by atoms with Gasteiger partial charge >= 0.3 is 0 Å². The van der Waals surface area contributed by atoms with Crippen LogP contribution in [0.2, 0.25) is 0 Å². The third kappa shape index (κ3) is 3.89. The zero-order valence-electron chi connectivity index (χ0n) is 16.7. The van der Waals surface area contributed by atoms with Crippen molar-refractivity contribution in [3.05, 3.63) is 113 Å². The molecule has 0 atom stereocenters. The molecule has 0 spiro atoms. The lowest BCUT2D eigenvalue weighted by molar-refractivity contribution is 1.01. The molecule has 1 heteroatoms. The summed E-state index contributed by atoms with van der Waals surface area (Å²) in [6.45, 7) is 10.2. The van der Waals surface area contributed by atoms with E-state index in [4.69, 9.17) is 0 Å². The minimum absolute atomic E-state index is 0.913. The molecule has 1 aromatic heterocycles. The molecule has 0 fully saturated rings. The van der Waals surface area contributed by atoms with Crippen molar-refractivity contribution in [2.24, 2.45) is 0 Å². The fraction of sp³-hybridized carbons (Fsp3) is 0.107. The first-order valence-electron chi connectivity index (χ1n) is 9.89. The Bertz CT molecular complexity index is 1220. The SMILES string of the molecule is C=C=C(CCc1cc(-c2ccccc2)ccc1C)c1sc2ccccc2c1C=C. The van der Waals surface area contributed by atoms with E-state index in [9.17, 15) is 0 Å². The summed E-state index contributed by atoms with van der Waals surface area (Å²) in [5, 5.41) is 1.26. The number of fused-ring (bicyclic) bond motifs is 1. The lowest BCUT2D eigenvalue weighted by Gasteiger charge is -2.11. The summed E-state index contributed by atoms with van der Waals surface area (Å²) in [6.07, 6.45) is 3.85. The number of hydrogen-bond donors (Lipinski definition) is 0. The highest BCUT2D eigenvalue weighted by Gasteiger charge is 2.14. The second-order valence-corrected chi connectivity index (χ2v) is 8.26. The second kappa shape index (κ2) is 8.49. The number of thiophene rings is 1. The molecule has 0 bridgehead atoms. The van der Waals surface area contributed by atoms with E-state index in [2.05, 4.69) is 98.6 Å². The van der Waals surface area contributed by atoms with Crippen LogP contribution in [0.1, 0.15) is 28.0 Å². The van der Waals surface area contributed by atoms with Crippen LogP contribution in [0.3, 0.4) is 0 Å². The first-order valence-corrected chi connectivity index (χ1v) is 10.7. The Morgan fingerprint density at radius 2 is 1.72 bits per heavy atom. The van der Waals surface area contributed by atoms with E-state index in [1.54, 1.807) is 0 Å². The van der Waals surface area contributed by atoms with Crippen LogP contribution in [0.5, 0.6) is 0 Å². The lowest BCUT2D eigenvalue weighted by Crippen LogP contribution is -1.93. The smallest absolute Gasteiger partial charge is 0.0464 e. The van der Waals surface area contributed by atoms with Crippen LogP contribution in [0.25, 0.3) is 32.9 Å². The van der Waals surface area contributed by atoms with Gasteiger partial charge in [0.1, 0.15) is 0 Å². The molecule has 0 amide bonds. The Labute approximate surface area is 177 Å². The topological polar surface area (TPSA) is 0 Å². The van der Waals surface area contributed by atoms with Crippen LogP contribution >= 0.6 is 11.3 Å². The molecule has 29 heavy (non-hydrogen) atoms. The third-order valence-corrected chi connectivity index (χ3v) is 6.67. The lowest BCUT2D eigenvalue weighted by atomic mass is 9.95. The number of rotatable bonds is 6. The quantitative estimate of drug-likeness (QED) is 0.289. The van der Waals surface area contributed by atoms with Crippen molar-refractivity contribution in [3.63, 3.8) is 0 Å². The maximum Gasteiger partial charge on any atom is 0.0464 e. The molecule has 0 radical (unpaired) electrons. The summed E-state index contributed by atoms with van der Waals surface area (Å²) in [6, 6.07) is 25.8. The van der Waals surface area contributed by atoms with Gasteiger partial charge in [0, 0.05) is 26.1 Å². The average Bonchev–Trinajstić information content (AvgIpc) is 3.14. The molecule has 0 nitrogen and oxygen atoms in total. The van der Waals surface area contributed by atoms with Crippen LogP contribution in [0, 0.1) is 6.92 Å². The Morgan fingerprint density at radius 1 is 0.966 bits per heavy atom. The van der Waals surface area contributed by atoms with E-state index in [1.807, 2.05) is 17.4 Å². The monoisotopic (exact) mass is 392 g/mol. The summed E-state index contributed by atoms with van der Waals surface area (Å²) in [4.78, 5) is 1.24. The predicted molar refractivity (Wildman–Crippen MR) is 129 cm³/mol. The van der Waals surface area contributed by atoms with Gasteiger partial charge in [0.15, 0.2) is 0 Å². The van der Waals surface area contributed by atoms with Crippen molar-refractivity contribution < 1.29 is 0 Å². The molecule has 3 aromatic carbocycles. The van der Waals surface area contributed by atoms with Crippen LogP contribution in [-0.4, -0.2) is 0 Å². The van der Waals surface area contributed by atoms with E-state index in [0.29, 0.717) is 0 Å². The number of hydrogen-bond acceptors (Lipinski definition) is 1. The van der Waals surface area contributed by atoms with Crippen molar-refractivity contribution in [2.75, 3.05) is 0 Å². The van der Waals surface area contributed by atoms with Crippen molar-refractivity contribution in [1.29, 1.82) is 0 Å². The molecule has 0 aliphatic carbocycles. The Morgan fingerprint density at radius 3 is 2.48 bits per heavy atom. The molecule has 142 valence electrons. The van der Waals surface area contributed by atoms with E-state index >= 15 is 0 Å². The molecule has 4 aromatic rings. The fourth-order valence-corrected chi connectivity index (χ4v) is 5.04. The van der Waals surface area contributed by atoms with Gasteiger partial charge in [0.25, 0.3) is 0 Å². The number of benzene rings is 3. The van der Waals surface area contributed by atoms with E-state index in [-0.39, 0.29) is 0 Å². The van der Waals surface area contributed by atoms with Gasteiger partial charge in [0.05, 0.1) is 0 Å². The first kappa shape index (κ1) is 19.2. The maximum atomic E-state index is 4.05. The van der Waals surface area contributed by atoms with E-state index in [1.165, 1.54) is 48.4 Å². The minimum atomic E-state index is 0.913. The molecule has 0 N–H and O–H groups in total. The maximum absolute atomic E-state index is 4.05. The number of aryl methyl sites for hydroxylation is 2. The van der Waals surface area contributed by atoms with Crippen LogP contribution < -0.4 is 0 Å². The van der Waals surface area contributed by atoms with Crippen LogP contribution in [0.15, 0.2) is 91.7 Å². The standard InChI is InChI=1S/C28H24S/c1-4-21(28-25(5-2)26-13-9-10-14-27(26)29-28)17-18-23-19-24(16-15-20(23)3)22-11-7-6-8-12-22/h5-16,19H,1-2,17-18H2,3H3. The van der Waals surface area contributed by atoms with Gasteiger partial charge in [-0.15, -0.1) is 17.1 Å². The predicted octanol–water partition coefficient (Wildman–Crippen LogP) is 8.32. The largest absolute Gasteiger partial charge is 0.134 e. The summed E-state index contributed by atoms with van der Waals surface area (Å²) in [5.41, 5.74) is 10.8. The van der Waals surface area contributed by atoms with Crippen molar-refractivity contribution in [3.8, 4) is 11.1 Å². The summed E-state index contributed by atoms with van der Waals surface area (Å²) in [7, 11) is 0. The molecule has 0 saturated heterocycles. The summed E-state index contributed by atoms with van der Waals surface area (Å²) < 4.78 is 1.28. The van der Waals surface area contributed by atoms with Crippen molar-refractivity contribution in [2.45, 2.75) is 19.8 Å². The van der Waals surface area contributed by atoms with Gasteiger partial charge in [-0.2, -0.15) is 0 Å². The van der Waals surface area contributed by atoms with Gasteiger partial charge in [-0.1, -0.05) is 86.0 Å².